The number of hydrogen-bond donors (Lipinski definition) is 1. The molecule has 0 spiro atoms. The molecule has 1 aromatic rings. The van der Waals surface area contributed by atoms with Crippen LogP contribution in [0.4, 0.5) is 0 Å². The molecule has 0 aromatic carbocycles. The predicted octanol–water partition coefficient (Wildman–Crippen LogP) is 1.64. The molecule has 1 unspecified atom stereocenters. The summed E-state index contributed by atoms with van der Waals surface area (Å²) in [7, 11) is 1.73. The summed E-state index contributed by atoms with van der Waals surface area (Å²) < 4.78 is 5.01. The van der Waals surface area contributed by atoms with Gasteiger partial charge in [0.2, 0.25) is 11.8 Å². The standard InChI is InChI=1S/C15H23N3O3/c1-10-8-13(17-21-10)9-18(3)15(20)14(16-11(2)19)12-6-4-5-7-12/h8,12,14H,4-7,9H2,1-3H3,(H,16,19). The number of aromatic nitrogens is 1. The summed E-state index contributed by atoms with van der Waals surface area (Å²) >= 11 is 0. The molecule has 1 fully saturated rings. The summed E-state index contributed by atoms with van der Waals surface area (Å²) in [4.78, 5) is 25.6. The highest BCUT2D eigenvalue weighted by Gasteiger charge is 2.33. The van der Waals surface area contributed by atoms with Gasteiger partial charge in [0.05, 0.1) is 6.54 Å². The highest BCUT2D eigenvalue weighted by atomic mass is 16.5. The average molecular weight is 293 g/mol. The first-order valence-electron chi connectivity index (χ1n) is 7.41. The highest BCUT2D eigenvalue weighted by Crippen LogP contribution is 2.28. The summed E-state index contributed by atoms with van der Waals surface area (Å²) in [6.07, 6.45) is 4.24. The van der Waals surface area contributed by atoms with Crippen molar-refractivity contribution in [1.29, 1.82) is 0 Å². The first kappa shape index (κ1) is 15.5. The van der Waals surface area contributed by atoms with Gasteiger partial charge in [-0.05, 0) is 25.7 Å². The van der Waals surface area contributed by atoms with Gasteiger partial charge in [0.1, 0.15) is 17.5 Å². The number of nitrogens with zero attached hydrogens (tertiary/aromatic N) is 2. The summed E-state index contributed by atoms with van der Waals surface area (Å²) in [6, 6.07) is 1.38. The Morgan fingerprint density at radius 2 is 2.14 bits per heavy atom. The molecular formula is C15H23N3O3. The molecule has 0 aliphatic heterocycles. The third-order valence-corrected chi connectivity index (χ3v) is 3.95. The summed E-state index contributed by atoms with van der Waals surface area (Å²) in [6.45, 7) is 3.66. The largest absolute Gasteiger partial charge is 0.361 e. The summed E-state index contributed by atoms with van der Waals surface area (Å²) in [5, 5.41) is 6.72. The molecule has 1 N–H and O–H groups in total. The third kappa shape index (κ3) is 4.06. The summed E-state index contributed by atoms with van der Waals surface area (Å²) in [5.41, 5.74) is 0.719. The molecule has 0 bridgehead atoms. The fourth-order valence-electron chi connectivity index (χ4n) is 2.94. The molecule has 2 amide bonds. The molecule has 1 heterocycles. The van der Waals surface area contributed by atoms with Gasteiger partial charge >= 0.3 is 0 Å². The second-order valence-corrected chi connectivity index (χ2v) is 5.85. The molecular weight excluding hydrogens is 270 g/mol. The predicted molar refractivity (Wildman–Crippen MR) is 77.3 cm³/mol. The number of carbonyl (C=O) groups excluding carboxylic acids is 2. The van der Waals surface area contributed by atoms with E-state index in [1.54, 1.807) is 11.9 Å². The van der Waals surface area contributed by atoms with Crippen molar-refractivity contribution in [3.05, 3.63) is 17.5 Å². The van der Waals surface area contributed by atoms with Crippen molar-refractivity contribution in [1.82, 2.24) is 15.4 Å². The smallest absolute Gasteiger partial charge is 0.245 e. The van der Waals surface area contributed by atoms with Crippen molar-refractivity contribution in [2.45, 2.75) is 52.1 Å². The number of nitrogens with one attached hydrogen (secondary N) is 1. The molecule has 1 atom stereocenters. The number of rotatable bonds is 5. The minimum Gasteiger partial charge on any atom is -0.361 e. The Balaban J connectivity index is 2.03. The van der Waals surface area contributed by atoms with Crippen molar-refractivity contribution < 1.29 is 14.1 Å². The van der Waals surface area contributed by atoms with Gasteiger partial charge in [0, 0.05) is 20.0 Å². The van der Waals surface area contributed by atoms with Gasteiger partial charge in [-0.3, -0.25) is 9.59 Å². The van der Waals surface area contributed by atoms with E-state index in [4.69, 9.17) is 4.52 Å². The molecule has 6 heteroatoms. The van der Waals surface area contributed by atoms with E-state index >= 15 is 0 Å². The quantitative estimate of drug-likeness (QED) is 0.895. The Labute approximate surface area is 124 Å². The van der Waals surface area contributed by atoms with Crippen molar-refractivity contribution in [2.75, 3.05) is 7.05 Å². The lowest BCUT2D eigenvalue weighted by atomic mass is 9.96. The lowest BCUT2D eigenvalue weighted by molar-refractivity contribution is -0.137. The molecule has 1 aliphatic carbocycles. The van der Waals surface area contributed by atoms with Gasteiger partial charge in [-0.15, -0.1) is 0 Å². The van der Waals surface area contributed by atoms with Crippen LogP contribution >= 0.6 is 0 Å². The lowest BCUT2D eigenvalue weighted by Gasteiger charge is -2.27. The zero-order valence-corrected chi connectivity index (χ0v) is 12.9. The number of aryl methyl sites for hydroxylation is 1. The van der Waals surface area contributed by atoms with E-state index in [-0.39, 0.29) is 17.7 Å². The lowest BCUT2D eigenvalue weighted by Crippen LogP contribution is -2.50. The van der Waals surface area contributed by atoms with Crippen LogP contribution in [0.15, 0.2) is 10.6 Å². The molecule has 2 rings (SSSR count). The SMILES string of the molecule is CC(=O)NC(C(=O)N(C)Cc1cc(C)on1)C1CCCC1. The van der Waals surface area contributed by atoms with Gasteiger partial charge in [0.15, 0.2) is 0 Å². The molecule has 0 saturated heterocycles. The van der Waals surface area contributed by atoms with Crippen molar-refractivity contribution in [2.24, 2.45) is 5.92 Å². The van der Waals surface area contributed by atoms with Crippen LogP contribution in [-0.4, -0.2) is 35.0 Å². The number of hydrogen-bond acceptors (Lipinski definition) is 4. The molecule has 116 valence electrons. The minimum absolute atomic E-state index is 0.0576. The average Bonchev–Trinajstić information content (AvgIpc) is 3.06. The van der Waals surface area contributed by atoms with Gasteiger partial charge in [-0.2, -0.15) is 0 Å². The molecule has 1 aromatic heterocycles. The van der Waals surface area contributed by atoms with E-state index in [1.807, 2.05) is 13.0 Å². The van der Waals surface area contributed by atoms with Crippen LogP contribution in [0.2, 0.25) is 0 Å². The van der Waals surface area contributed by atoms with Crippen LogP contribution < -0.4 is 5.32 Å². The zero-order chi connectivity index (χ0) is 15.4. The van der Waals surface area contributed by atoms with Crippen LogP contribution in [0.25, 0.3) is 0 Å². The van der Waals surface area contributed by atoms with Crippen LogP contribution in [0.5, 0.6) is 0 Å². The molecule has 1 aliphatic rings. The molecule has 0 radical (unpaired) electrons. The maximum absolute atomic E-state index is 12.6. The topological polar surface area (TPSA) is 75.4 Å². The van der Waals surface area contributed by atoms with Crippen molar-refractivity contribution >= 4 is 11.8 Å². The second-order valence-electron chi connectivity index (χ2n) is 5.85. The van der Waals surface area contributed by atoms with Gasteiger partial charge in [0.25, 0.3) is 0 Å². The van der Waals surface area contributed by atoms with Crippen LogP contribution in [-0.2, 0) is 16.1 Å². The van der Waals surface area contributed by atoms with E-state index in [2.05, 4.69) is 10.5 Å². The Morgan fingerprint density at radius 3 is 2.67 bits per heavy atom. The third-order valence-electron chi connectivity index (χ3n) is 3.95. The monoisotopic (exact) mass is 293 g/mol. The molecule has 6 nitrogen and oxygen atoms in total. The van der Waals surface area contributed by atoms with Crippen LogP contribution in [0.1, 0.15) is 44.1 Å². The van der Waals surface area contributed by atoms with E-state index in [9.17, 15) is 9.59 Å². The maximum atomic E-state index is 12.6. The van der Waals surface area contributed by atoms with E-state index in [0.29, 0.717) is 6.54 Å². The maximum Gasteiger partial charge on any atom is 0.245 e. The van der Waals surface area contributed by atoms with E-state index < -0.39 is 6.04 Å². The van der Waals surface area contributed by atoms with Crippen LogP contribution in [0.3, 0.4) is 0 Å². The highest BCUT2D eigenvalue weighted by molar-refractivity contribution is 5.87. The Morgan fingerprint density at radius 1 is 1.48 bits per heavy atom. The van der Waals surface area contributed by atoms with Crippen molar-refractivity contribution in [3.8, 4) is 0 Å². The van der Waals surface area contributed by atoms with Crippen LogP contribution in [0, 0.1) is 12.8 Å². The Bertz CT molecular complexity index is 506. The fraction of sp³-hybridized carbons (Fsp3) is 0.667. The summed E-state index contributed by atoms with van der Waals surface area (Å²) in [5.74, 6) is 0.742. The fourth-order valence-corrected chi connectivity index (χ4v) is 2.94. The first-order valence-corrected chi connectivity index (χ1v) is 7.41. The van der Waals surface area contributed by atoms with Gasteiger partial charge < -0.3 is 14.7 Å². The Kier molecular flexibility index (Phi) is 4.98. The first-order chi connectivity index (χ1) is 9.97. The van der Waals surface area contributed by atoms with Crippen molar-refractivity contribution in [3.63, 3.8) is 0 Å². The Hall–Kier alpha value is -1.85. The normalized spacial score (nSPS) is 16.7. The molecule has 1 saturated carbocycles. The molecule has 21 heavy (non-hydrogen) atoms. The number of amides is 2. The zero-order valence-electron chi connectivity index (χ0n) is 12.9. The minimum atomic E-state index is -0.428. The number of likely N-dealkylation sites (N-methyl/N-ethyl adjacent to an activating group) is 1. The van der Waals surface area contributed by atoms with Gasteiger partial charge in [-0.25, -0.2) is 0 Å². The van der Waals surface area contributed by atoms with E-state index in [0.717, 1.165) is 37.1 Å². The number of carbonyl (C=O) groups is 2. The second kappa shape index (κ2) is 6.74. The van der Waals surface area contributed by atoms with E-state index in [1.165, 1.54) is 6.92 Å². The van der Waals surface area contributed by atoms with Gasteiger partial charge in [-0.1, -0.05) is 18.0 Å².